The minimum atomic E-state index is -3.93. The van der Waals surface area contributed by atoms with Crippen LogP contribution in [0.4, 0.5) is 11.6 Å². The van der Waals surface area contributed by atoms with Gasteiger partial charge in [0.15, 0.2) is 5.76 Å². The van der Waals surface area contributed by atoms with Gasteiger partial charge in [0, 0.05) is 18.5 Å². The van der Waals surface area contributed by atoms with Crippen molar-refractivity contribution in [2.75, 3.05) is 36.3 Å². The van der Waals surface area contributed by atoms with Gasteiger partial charge in [0.25, 0.3) is 15.9 Å². The number of sulfonamides is 1. The molecule has 1 saturated heterocycles. The number of aromatic nitrogens is 1. The van der Waals surface area contributed by atoms with Crippen LogP contribution < -0.4 is 9.62 Å². The molecule has 4 heterocycles. The van der Waals surface area contributed by atoms with Crippen LogP contribution in [0.5, 0.6) is 0 Å². The Balaban J connectivity index is 1.35. The van der Waals surface area contributed by atoms with Crippen LogP contribution in [0.2, 0.25) is 0 Å². The van der Waals surface area contributed by atoms with E-state index >= 15 is 0 Å². The molecule has 4 aromatic rings. The zero-order valence-electron chi connectivity index (χ0n) is 20.3. The summed E-state index contributed by atoms with van der Waals surface area (Å²) in [7, 11) is -2.48. The van der Waals surface area contributed by atoms with Crippen LogP contribution in [-0.4, -0.2) is 45.0 Å². The van der Waals surface area contributed by atoms with Crippen LogP contribution in [-0.2, 0) is 10.0 Å². The number of likely N-dealkylation sites (tertiary alicyclic amines) is 1. The molecule has 3 aromatic heterocycles. The number of rotatable bonds is 9. The van der Waals surface area contributed by atoms with Gasteiger partial charge in [0.05, 0.1) is 11.7 Å². The molecule has 1 atom stereocenters. The predicted molar refractivity (Wildman–Crippen MR) is 142 cm³/mol. The maximum absolute atomic E-state index is 13.1. The number of piperidine rings is 1. The Morgan fingerprint density at radius 2 is 1.89 bits per heavy atom. The lowest BCUT2D eigenvalue weighted by Gasteiger charge is -2.34. The summed E-state index contributed by atoms with van der Waals surface area (Å²) in [5, 5.41) is 14.7. The number of hydrogen-bond acceptors (Lipinski definition) is 9. The van der Waals surface area contributed by atoms with Crippen molar-refractivity contribution in [3.8, 4) is 17.7 Å². The van der Waals surface area contributed by atoms with E-state index in [2.05, 4.69) is 32.7 Å². The van der Waals surface area contributed by atoms with E-state index in [1.807, 2.05) is 12.1 Å². The minimum Gasteiger partial charge on any atom is -0.438 e. The lowest BCUT2D eigenvalue weighted by molar-refractivity contribution is 0.172. The fraction of sp³-hybridized carbons (Fsp3) is 0.308. The molecule has 1 fully saturated rings. The molecule has 11 heteroatoms. The molecular formula is C26H27N5O4S2. The van der Waals surface area contributed by atoms with Crippen LogP contribution in [0, 0.1) is 11.3 Å². The number of hydrogen-bond donors (Lipinski definition) is 1. The number of oxazole rings is 1. The van der Waals surface area contributed by atoms with Gasteiger partial charge < -0.3 is 14.2 Å². The lowest BCUT2D eigenvalue weighted by Crippen LogP contribution is -2.36. The smallest absolute Gasteiger partial charge is 0.297 e. The summed E-state index contributed by atoms with van der Waals surface area (Å²) in [6.45, 7) is 2.60. The van der Waals surface area contributed by atoms with Crippen LogP contribution in [0.15, 0.2) is 73.9 Å². The molecule has 192 valence electrons. The quantitative estimate of drug-likeness (QED) is 0.305. The van der Waals surface area contributed by atoms with Gasteiger partial charge in [-0.1, -0.05) is 30.7 Å². The molecule has 5 rings (SSSR count). The molecule has 0 saturated carbocycles. The number of anilines is 2. The number of para-hydroxylation sites is 1. The first-order valence-electron chi connectivity index (χ1n) is 12.0. The van der Waals surface area contributed by atoms with Crippen LogP contribution in [0.25, 0.3) is 11.7 Å². The summed E-state index contributed by atoms with van der Waals surface area (Å²) in [4.78, 5) is 7.95. The third-order valence-corrected chi connectivity index (χ3v) is 9.05. The molecule has 1 aliphatic rings. The summed E-state index contributed by atoms with van der Waals surface area (Å²) in [5.74, 6) is 0.391. The first kappa shape index (κ1) is 25.1. The summed E-state index contributed by atoms with van der Waals surface area (Å²) >= 11 is 1.71. The zero-order valence-corrected chi connectivity index (χ0v) is 22.0. The Bertz CT molecular complexity index is 1470. The standard InChI is InChI=1S/C26H27N5O4S2/c1-30(19-9-4-2-5-10-19)37(32,33)24-13-12-22(34-24)26-29-20(17-27)25(35-26)28-18-21(23-11-8-16-36-23)31-14-6-3-7-15-31/h2,4-5,8-13,16,21,28H,3,6-7,14-15,18H2,1H3. The average molecular weight is 538 g/mol. The molecule has 37 heavy (non-hydrogen) atoms. The first-order valence-corrected chi connectivity index (χ1v) is 14.4. The van der Waals surface area contributed by atoms with E-state index in [4.69, 9.17) is 8.83 Å². The predicted octanol–water partition coefficient (Wildman–Crippen LogP) is 5.33. The first-order chi connectivity index (χ1) is 18.0. The Morgan fingerprint density at radius 1 is 1.11 bits per heavy atom. The summed E-state index contributed by atoms with van der Waals surface area (Å²) in [6.07, 6.45) is 3.58. The second-order valence-corrected chi connectivity index (χ2v) is 11.6. The molecule has 0 spiro atoms. The fourth-order valence-electron chi connectivity index (χ4n) is 4.42. The summed E-state index contributed by atoms with van der Waals surface area (Å²) in [5.41, 5.74) is 0.588. The van der Waals surface area contributed by atoms with Gasteiger partial charge in [-0.15, -0.1) is 11.3 Å². The topological polar surface area (TPSA) is 116 Å². The molecule has 1 N–H and O–H groups in total. The summed E-state index contributed by atoms with van der Waals surface area (Å²) in [6, 6.07) is 17.9. The molecule has 0 bridgehead atoms. The van der Waals surface area contributed by atoms with E-state index in [1.54, 1.807) is 35.6 Å². The van der Waals surface area contributed by atoms with Gasteiger partial charge in [-0.05, 0) is 61.6 Å². The number of furan rings is 1. The van der Waals surface area contributed by atoms with Gasteiger partial charge in [0.2, 0.25) is 16.7 Å². The van der Waals surface area contributed by atoms with Crippen LogP contribution in [0.1, 0.15) is 35.9 Å². The minimum absolute atomic E-state index is 0.0357. The number of benzene rings is 1. The molecule has 0 radical (unpaired) electrons. The Labute approximate surface area is 220 Å². The van der Waals surface area contributed by atoms with Crippen molar-refractivity contribution in [2.24, 2.45) is 0 Å². The Morgan fingerprint density at radius 3 is 2.59 bits per heavy atom. The number of nitrogens with one attached hydrogen (secondary N) is 1. The fourth-order valence-corrected chi connectivity index (χ4v) is 6.38. The second-order valence-electron chi connectivity index (χ2n) is 8.74. The molecule has 1 aromatic carbocycles. The maximum Gasteiger partial charge on any atom is 0.297 e. The monoisotopic (exact) mass is 537 g/mol. The van der Waals surface area contributed by atoms with Crippen molar-refractivity contribution >= 4 is 32.9 Å². The van der Waals surface area contributed by atoms with Gasteiger partial charge >= 0.3 is 0 Å². The molecule has 9 nitrogen and oxygen atoms in total. The van der Waals surface area contributed by atoms with Crippen molar-refractivity contribution in [3.63, 3.8) is 0 Å². The molecule has 0 aliphatic carbocycles. The lowest BCUT2D eigenvalue weighted by atomic mass is 10.1. The SMILES string of the molecule is CN(c1ccccc1)S(=O)(=O)c1ccc(-c2nc(C#N)c(NCC(c3cccs3)N3CCCCC3)o2)o1. The largest absolute Gasteiger partial charge is 0.438 e. The van der Waals surface area contributed by atoms with E-state index in [-0.39, 0.29) is 34.4 Å². The third kappa shape index (κ3) is 5.27. The van der Waals surface area contributed by atoms with E-state index < -0.39 is 10.0 Å². The van der Waals surface area contributed by atoms with E-state index in [1.165, 1.54) is 43.3 Å². The van der Waals surface area contributed by atoms with Crippen LogP contribution >= 0.6 is 11.3 Å². The highest BCUT2D eigenvalue weighted by Crippen LogP contribution is 2.32. The van der Waals surface area contributed by atoms with Gasteiger partial charge in [-0.3, -0.25) is 9.21 Å². The highest BCUT2D eigenvalue weighted by molar-refractivity contribution is 7.92. The number of thiophene rings is 1. The van der Waals surface area contributed by atoms with Crippen molar-refractivity contribution < 1.29 is 17.3 Å². The van der Waals surface area contributed by atoms with E-state index in [9.17, 15) is 13.7 Å². The molecule has 0 amide bonds. The Hall–Kier alpha value is -3.59. The normalized spacial score (nSPS) is 15.2. The van der Waals surface area contributed by atoms with Crippen molar-refractivity contribution in [3.05, 3.63) is 70.5 Å². The third-order valence-electron chi connectivity index (χ3n) is 6.42. The maximum atomic E-state index is 13.1. The van der Waals surface area contributed by atoms with E-state index in [0.717, 1.165) is 17.4 Å². The average Bonchev–Trinajstić information content (AvgIpc) is 3.71. The number of nitriles is 1. The van der Waals surface area contributed by atoms with Crippen molar-refractivity contribution in [1.82, 2.24) is 9.88 Å². The Kier molecular flexibility index (Phi) is 7.32. The van der Waals surface area contributed by atoms with Gasteiger partial charge in [-0.2, -0.15) is 18.7 Å². The van der Waals surface area contributed by atoms with Gasteiger partial charge in [-0.25, -0.2) is 0 Å². The molecular weight excluding hydrogens is 510 g/mol. The van der Waals surface area contributed by atoms with Gasteiger partial charge in [0.1, 0.15) is 6.07 Å². The van der Waals surface area contributed by atoms with E-state index in [0.29, 0.717) is 12.2 Å². The molecule has 1 unspecified atom stereocenters. The molecule has 1 aliphatic heterocycles. The second kappa shape index (κ2) is 10.8. The zero-order chi connectivity index (χ0) is 25.8. The highest BCUT2D eigenvalue weighted by atomic mass is 32.2. The highest BCUT2D eigenvalue weighted by Gasteiger charge is 2.28. The van der Waals surface area contributed by atoms with Crippen molar-refractivity contribution in [2.45, 2.75) is 30.4 Å². The summed E-state index contributed by atoms with van der Waals surface area (Å²) < 4.78 is 38.8. The van der Waals surface area contributed by atoms with Crippen molar-refractivity contribution in [1.29, 1.82) is 5.26 Å². The number of nitrogens with zero attached hydrogens (tertiary/aromatic N) is 4. The van der Waals surface area contributed by atoms with Crippen LogP contribution in [0.3, 0.4) is 0 Å².